The van der Waals surface area contributed by atoms with E-state index in [1.165, 1.54) is 0 Å². The molecule has 0 aliphatic carbocycles. The number of aryl methyl sites for hydroxylation is 2. The highest BCUT2D eigenvalue weighted by atomic mass is 16.3. The van der Waals surface area contributed by atoms with Gasteiger partial charge in [-0.15, -0.1) is 0 Å². The molecule has 0 saturated heterocycles. The molecule has 0 unspecified atom stereocenters. The van der Waals surface area contributed by atoms with E-state index in [-0.39, 0.29) is 11.5 Å². The van der Waals surface area contributed by atoms with E-state index in [2.05, 4.69) is 0 Å². The SMILES string of the molecule is Cc1cc(O)ccc1-c1cc(O)cc(C)c1C. The van der Waals surface area contributed by atoms with Gasteiger partial charge in [-0.2, -0.15) is 0 Å². The lowest BCUT2D eigenvalue weighted by atomic mass is 9.93. The first-order valence-corrected chi connectivity index (χ1v) is 5.59. The highest BCUT2D eigenvalue weighted by Gasteiger charge is 2.09. The van der Waals surface area contributed by atoms with Crippen LogP contribution in [0.4, 0.5) is 0 Å². The molecule has 0 atom stereocenters. The van der Waals surface area contributed by atoms with Crippen LogP contribution in [0.25, 0.3) is 11.1 Å². The third kappa shape index (κ3) is 2.11. The lowest BCUT2D eigenvalue weighted by molar-refractivity contribution is 0.475. The molecular weight excluding hydrogens is 212 g/mol. The molecule has 0 saturated carbocycles. The maximum Gasteiger partial charge on any atom is 0.116 e. The zero-order valence-electron chi connectivity index (χ0n) is 10.3. The fraction of sp³-hybridized carbons (Fsp3) is 0.200. The molecule has 17 heavy (non-hydrogen) atoms. The fourth-order valence-corrected chi connectivity index (χ4v) is 2.07. The number of aromatic hydroxyl groups is 2. The minimum Gasteiger partial charge on any atom is -0.508 e. The molecule has 0 aliphatic heterocycles. The van der Waals surface area contributed by atoms with Gasteiger partial charge in [0.05, 0.1) is 0 Å². The first kappa shape index (κ1) is 11.5. The van der Waals surface area contributed by atoms with Crippen molar-refractivity contribution in [1.82, 2.24) is 0 Å². The van der Waals surface area contributed by atoms with Crippen molar-refractivity contribution < 1.29 is 10.2 Å². The molecule has 0 amide bonds. The molecule has 0 aliphatic rings. The van der Waals surface area contributed by atoms with Gasteiger partial charge < -0.3 is 10.2 Å². The molecule has 2 N–H and O–H groups in total. The summed E-state index contributed by atoms with van der Waals surface area (Å²) >= 11 is 0. The summed E-state index contributed by atoms with van der Waals surface area (Å²) in [4.78, 5) is 0. The van der Waals surface area contributed by atoms with E-state index >= 15 is 0 Å². The number of phenolic OH excluding ortho intramolecular Hbond substituents is 2. The molecule has 88 valence electrons. The average Bonchev–Trinajstić information content (AvgIpc) is 2.24. The van der Waals surface area contributed by atoms with E-state index in [0.717, 1.165) is 27.8 Å². The van der Waals surface area contributed by atoms with Gasteiger partial charge in [-0.25, -0.2) is 0 Å². The van der Waals surface area contributed by atoms with Gasteiger partial charge in [0, 0.05) is 0 Å². The van der Waals surface area contributed by atoms with Crippen LogP contribution in [0.3, 0.4) is 0 Å². The number of hydrogen-bond donors (Lipinski definition) is 2. The molecular formula is C15H16O2. The van der Waals surface area contributed by atoms with Gasteiger partial charge in [-0.05, 0) is 72.9 Å². The van der Waals surface area contributed by atoms with E-state index in [9.17, 15) is 10.2 Å². The molecule has 0 bridgehead atoms. The quantitative estimate of drug-likeness (QED) is 0.781. The molecule has 2 aromatic rings. The van der Waals surface area contributed by atoms with Gasteiger partial charge in [-0.3, -0.25) is 0 Å². The normalized spacial score (nSPS) is 10.5. The summed E-state index contributed by atoms with van der Waals surface area (Å²) in [6, 6.07) is 8.80. The molecule has 2 nitrogen and oxygen atoms in total. The molecule has 0 spiro atoms. The Morgan fingerprint density at radius 2 is 1.35 bits per heavy atom. The van der Waals surface area contributed by atoms with Crippen LogP contribution in [0.5, 0.6) is 11.5 Å². The van der Waals surface area contributed by atoms with E-state index < -0.39 is 0 Å². The third-order valence-electron chi connectivity index (χ3n) is 3.15. The van der Waals surface area contributed by atoms with E-state index in [0.29, 0.717) is 0 Å². The minimum absolute atomic E-state index is 0.265. The molecule has 0 heterocycles. The van der Waals surface area contributed by atoms with Crippen LogP contribution < -0.4 is 0 Å². The monoisotopic (exact) mass is 228 g/mol. The number of benzene rings is 2. The predicted octanol–water partition coefficient (Wildman–Crippen LogP) is 3.69. The maximum atomic E-state index is 9.68. The summed E-state index contributed by atoms with van der Waals surface area (Å²) in [5, 5.41) is 19.1. The van der Waals surface area contributed by atoms with Gasteiger partial charge in [0.2, 0.25) is 0 Å². The van der Waals surface area contributed by atoms with Crippen molar-refractivity contribution in [3.8, 4) is 22.6 Å². The van der Waals surface area contributed by atoms with Crippen molar-refractivity contribution in [2.24, 2.45) is 0 Å². The number of phenols is 2. The van der Waals surface area contributed by atoms with Crippen LogP contribution in [0, 0.1) is 20.8 Å². The second-order valence-corrected chi connectivity index (χ2v) is 4.43. The van der Waals surface area contributed by atoms with Crippen LogP contribution in [0.1, 0.15) is 16.7 Å². The van der Waals surface area contributed by atoms with Crippen LogP contribution in [0.2, 0.25) is 0 Å². The Hall–Kier alpha value is -1.96. The predicted molar refractivity (Wildman–Crippen MR) is 69.4 cm³/mol. The summed E-state index contributed by atoms with van der Waals surface area (Å²) < 4.78 is 0. The molecule has 0 aromatic heterocycles. The Kier molecular flexibility index (Phi) is 2.80. The largest absolute Gasteiger partial charge is 0.508 e. The minimum atomic E-state index is 0.265. The van der Waals surface area contributed by atoms with Crippen molar-refractivity contribution in [2.75, 3.05) is 0 Å². The highest BCUT2D eigenvalue weighted by Crippen LogP contribution is 2.33. The Bertz CT molecular complexity index is 571. The summed E-state index contributed by atoms with van der Waals surface area (Å²) in [6.07, 6.45) is 0. The zero-order valence-corrected chi connectivity index (χ0v) is 10.3. The zero-order chi connectivity index (χ0) is 12.6. The topological polar surface area (TPSA) is 40.5 Å². The first-order chi connectivity index (χ1) is 7.99. The molecule has 2 aromatic carbocycles. The van der Waals surface area contributed by atoms with Crippen LogP contribution in [0.15, 0.2) is 30.3 Å². The second kappa shape index (κ2) is 4.13. The third-order valence-corrected chi connectivity index (χ3v) is 3.15. The van der Waals surface area contributed by atoms with Crippen molar-refractivity contribution in [1.29, 1.82) is 0 Å². The van der Waals surface area contributed by atoms with Crippen molar-refractivity contribution >= 4 is 0 Å². The molecule has 0 radical (unpaired) electrons. The number of rotatable bonds is 1. The van der Waals surface area contributed by atoms with E-state index in [1.807, 2.05) is 26.8 Å². The van der Waals surface area contributed by atoms with Gasteiger partial charge in [0.25, 0.3) is 0 Å². The fourth-order valence-electron chi connectivity index (χ4n) is 2.07. The Morgan fingerprint density at radius 1 is 0.706 bits per heavy atom. The van der Waals surface area contributed by atoms with Crippen molar-refractivity contribution in [2.45, 2.75) is 20.8 Å². The summed E-state index contributed by atoms with van der Waals surface area (Å²) in [5.74, 6) is 0.538. The summed E-state index contributed by atoms with van der Waals surface area (Å²) in [7, 11) is 0. The van der Waals surface area contributed by atoms with Crippen molar-refractivity contribution in [3.63, 3.8) is 0 Å². The maximum absolute atomic E-state index is 9.68. The highest BCUT2D eigenvalue weighted by molar-refractivity contribution is 5.73. The van der Waals surface area contributed by atoms with Crippen LogP contribution >= 0.6 is 0 Å². The first-order valence-electron chi connectivity index (χ1n) is 5.59. The number of hydrogen-bond acceptors (Lipinski definition) is 2. The van der Waals surface area contributed by atoms with Gasteiger partial charge >= 0.3 is 0 Å². The summed E-state index contributed by atoms with van der Waals surface area (Å²) in [6.45, 7) is 5.97. The summed E-state index contributed by atoms with van der Waals surface area (Å²) in [5.41, 5.74) is 5.27. The smallest absolute Gasteiger partial charge is 0.116 e. The lowest BCUT2D eigenvalue weighted by Crippen LogP contribution is -1.90. The Balaban J connectivity index is 2.68. The van der Waals surface area contributed by atoms with Gasteiger partial charge in [-0.1, -0.05) is 6.07 Å². The standard InChI is InChI=1S/C15H16O2/c1-9-6-13(17)8-15(11(9)3)14-5-4-12(16)7-10(14)2/h4-8,16-17H,1-3H3. The molecule has 0 fully saturated rings. The van der Waals surface area contributed by atoms with Crippen LogP contribution in [-0.2, 0) is 0 Å². The van der Waals surface area contributed by atoms with Gasteiger partial charge in [0.15, 0.2) is 0 Å². The second-order valence-electron chi connectivity index (χ2n) is 4.43. The van der Waals surface area contributed by atoms with Crippen LogP contribution in [-0.4, -0.2) is 10.2 Å². The molecule has 2 rings (SSSR count). The lowest BCUT2D eigenvalue weighted by Gasteiger charge is -2.12. The van der Waals surface area contributed by atoms with Gasteiger partial charge in [0.1, 0.15) is 11.5 Å². The van der Waals surface area contributed by atoms with Crippen molar-refractivity contribution in [3.05, 3.63) is 47.0 Å². The Morgan fingerprint density at radius 3 is 2.00 bits per heavy atom. The van der Waals surface area contributed by atoms with E-state index in [1.54, 1.807) is 24.3 Å². The average molecular weight is 228 g/mol. The Labute approximate surface area is 101 Å². The molecule has 2 heteroatoms. The van der Waals surface area contributed by atoms with E-state index in [4.69, 9.17) is 0 Å².